The van der Waals surface area contributed by atoms with Gasteiger partial charge < -0.3 is 10.2 Å². The van der Waals surface area contributed by atoms with Gasteiger partial charge in [-0.15, -0.1) is 4.73 Å². The number of aromatic nitrogens is 3. The van der Waals surface area contributed by atoms with Gasteiger partial charge in [0, 0.05) is 6.07 Å². The van der Waals surface area contributed by atoms with Gasteiger partial charge in [0.1, 0.15) is 12.9 Å². The molecule has 0 aliphatic heterocycles. The number of benzene rings is 3. The van der Waals surface area contributed by atoms with E-state index >= 15 is 0 Å². The Balaban J connectivity index is 1.59. The molecule has 0 radical (unpaired) electrons. The summed E-state index contributed by atoms with van der Waals surface area (Å²) < 4.78 is 1.25. The van der Waals surface area contributed by atoms with Crippen LogP contribution in [-0.2, 0) is 6.61 Å². The summed E-state index contributed by atoms with van der Waals surface area (Å²) in [5, 5.41) is 4.33. The lowest BCUT2D eigenvalue weighted by atomic mass is 9.98. The van der Waals surface area contributed by atoms with Crippen molar-refractivity contribution in [2.75, 3.05) is 5.32 Å². The maximum Gasteiger partial charge on any atom is 0.287 e. The monoisotopic (exact) mass is 448 g/mol. The summed E-state index contributed by atoms with van der Waals surface area (Å²) in [5.41, 5.74) is 4.67. The highest BCUT2D eigenvalue weighted by Gasteiger charge is 2.19. The van der Waals surface area contributed by atoms with Crippen LogP contribution in [0, 0.1) is 6.92 Å². The predicted molar refractivity (Wildman–Crippen MR) is 134 cm³/mol. The number of anilines is 1. The Hall–Kier alpha value is -4.45. The molecule has 2 aromatic heterocycles. The summed E-state index contributed by atoms with van der Waals surface area (Å²) in [6.45, 7) is 2.16. The van der Waals surface area contributed by atoms with Crippen LogP contribution in [0.1, 0.15) is 28.4 Å². The Bertz CT molecular complexity index is 1410. The molecule has 0 amide bonds. The number of fused-ring (bicyclic) bond motifs is 1. The van der Waals surface area contributed by atoms with Gasteiger partial charge in [0.15, 0.2) is 5.65 Å². The molecule has 1 N–H and O–H groups in total. The summed E-state index contributed by atoms with van der Waals surface area (Å²) in [5.74, 6) is 0. The third-order valence-electron chi connectivity index (χ3n) is 5.72. The predicted octanol–water partition coefficient (Wildman–Crippen LogP) is 4.93. The second kappa shape index (κ2) is 9.58. The molecule has 0 spiro atoms. The first-order valence-corrected chi connectivity index (χ1v) is 11.1. The lowest BCUT2D eigenvalue weighted by molar-refractivity contribution is 0.0979. The second-order valence-corrected chi connectivity index (χ2v) is 8.01. The molecule has 6 heteroatoms. The van der Waals surface area contributed by atoms with E-state index in [1.165, 1.54) is 11.1 Å². The van der Waals surface area contributed by atoms with Gasteiger partial charge in [-0.05, 0) is 23.6 Å². The molecule has 3 aromatic carbocycles. The molecular formula is C28H24N4O2. The van der Waals surface area contributed by atoms with Crippen LogP contribution in [0.15, 0.2) is 108 Å². The fraction of sp³-hybridized carbons (Fsp3) is 0.107. The number of rotatable bonds is 7. The van der Waals surface area contributed by atoms with Crippen LogP contribution in [0.5, 0.6) is 0 Å². The highest BCUT2D eigenvalue weighted by atomic mass is 16.7. The van der Waals surface area contributed by atoms with Crippen LogP contribution in [0.4, 0.5) is 5.69 Å². The smallest absolute Gasteiger partial charge is 0.287 e. The number of nitrogens with one attached hydrogen (secondary N) is 1. The fourth-order valence-electron chi connectivity index (χ4n) is 4.05. The standard InChI is InChI=1S/C28H24N4O2/c1-20-26-24(31-27(22-13-7-3-8-14-22)23-15-9-4-10-16-23)17-25(33)32(28(26)30-19-29-20)34-18-21-11-5-2-6-12-21/h2-17,19,27,31H,18H2,1H3. The molecule has 0 aliphatic rings. The van der Waals surface area contributed by atoms with Gasteiger partial charge in [0.2, 0.25) is 0 Å². The molecule has 0 aliphatic carbocycles. The summed E-state index contributed by atoms with van der Waals surface area (Å²) in [4.78, 5) is 27.9. The Morgan fingerprint density at radius 2 is 1.44 bits per heavy atom. The molecule has 5 aromatic rings. The lowest BCUT2D eigenvalue weighted by Crippen LogP contribution is -2.28. The topological polar surface area (TPSA) is 69.0 Å². The maximum absolute atomic E-state index is 13.2. The van der Waals surface area contributed by atoms with Gasteiger partial charge in [-0.1, -0.05) is 91.0 Å². The Kier molecular flexibility index (Phi) is 6.03. The molecule has 0 saturated heterocycles. The van der Waals surface area contributed by atoms with Crippen molar-refractivity contribution in [3.63, 3.8) is 0 Å². The van der Waals surface area contributed by atoms with Gasteiger partial charge in [-0.2, -0.15) is 0 Å². The molecule has 0 unspecified atom stereocenters. The molecular weight excluding hydrogens is 424 g/mol. The van der Waals surface area contributed by atoms with Crippen molar-refractivity contribution in [1.82, 2.24) is 14.7 Å². The number of aryl methyl sites for hydroxylation is 1. The van der Waals surface area contributed by atoms with Crippen molar-refractivity contribution in [2.24, 2.45) is 0 Å². The molecule has 0 bridgehead atoms. The third kappa shape index (κ3) is 4.38. The van der Waals surface area contributed by atoms with E-state index in [9.17, 15) is 4.79 Å². The van der Waals surface area contributed by atoms with Crippen molar-refractivity contribution >= 4 is 16.7 Å². The highest BCUT2D eigenvalue weighted by Crippen LogP contribution is 2.30. The molecule has 0 atom stereocenters. The zero-order chi connectivity index (χ0) is 23.3. The molecule has 168 valence electrons. The van der Waals surface area contributed by atoms with E-state index in [4.69, 9.17) is 4.84 Å². The first-order valence-electron chi connectivity index (χ1n) is 11.1. The second-order valence-electron chi connectivity index (χ2n) is 8.01. The zero-order valence-electron chi connectivity index (χ0n) is 18.8. The van der Waals surface area contributed by atoms with E-state index in [1.54, 1.807) is 6.07 Å². The van der Waals surface area contributed by atoms with E-state index in [1.807, 2.05) is 73.7 Å². The van der Waals surface area contributed by atoms with Crippen molar-refractivity contribution in [3.8, 4) is 0 Å². The summed E-state index contributed by atoms with van der Waals surface area (Å²) in [6, 6.07) is 31.4. The number of hydrogen-bond acceptors (Lipinski definition) is 5. The van der Waals surface area contributed by atoms with Gasteiger partial charge in [-0.3, -0.25) is 4.79 Å². The van der Waals surface area contributed by atoms with E-state index < -0.39 is 0 Å². The van der Waals surface area contributed by atoms with Crippen LogP contribution in [0.25, 0.3) is 11.0 Å². The fourth-order valence-corrected chi connectivity index (χ4v) is 4.05. The molecule has 0 saturated carbocycles. The third-order valence-corrected chi connectivity index (χ3v) is 5.72. The van der Waals surface area contributed by atoms with E-state index in [-0.39, 0.29) is 18.2 Å². The van der Waals surface area contributed by atoms with Gasteiger partial charge in [-0.25, -0.2) is 9.97 Å². The molecule has 5 rings (SSSR count). The van der Waals surface area contributed by atoms with Gasteiger partial charge in [0.05, 0.1) is 22.8 Å². The SMILES string of the molecule is Cc1ncnc2c1c(NC(c1ccccc1)c1ccccc1)cc(=O)n2OCc1ccccc1. The summed E-state index contributed by atoms with van der Waals surface area (Å²) >= 11 is 0. The van der Waals surface area contributed by atoms with Crippen LogP contribution < -0.4 is 15.7 Å². The quantitative estimate of drug-likeness (QED) is 0.382. The van der Waals surface area contributed by atoms with Gasteiger partial charge >= 0.3 is 0 Å². The van der Waals surface area contributed by atoms with Crippen molar-refractivity contribution in [3.05, 3.63) is 136 Å². The summed E-state index contributed by atoms with van der Waals surface area (Å²) in [6.07, 6.45) is 1.45. The molecule has 34 heavy (non-hydrogen) atoms. The highest BCUT2D eigenvalue weighted by molar-refractivity contribution is 5.91. The summed E-state index contributed by atoms with van der Waals surface area (Å²) in [7, 11) is 0. The average Bonchev–Trinajstić information content (AvgIpc) is 2.88. The van der Waals surface area contributed by atoms with Crippen molar-refractivity contribution in [1.29, 1.82) is 0 Å². The van der Waals surface area contributed by atoms with Crippen LogP contribution in [0.3, 0.4) is 0 Å². The zero-order valence-corrected chi connectivity index (χ0v) is 18.8. The molecule has 0 fully saturated rings. The lowest BCUT2D eigenvalue weighted by Gasteiger charge is -2.23. The Morgan fingerprint density at radius 3 is 2.06 bits per heavy atom. The minimum Gasteiger partial charge on any atom is -0.404 e. The first kappa shape index (κ1) is 21.4. The van der Waals surface area contributed by atoms with Crippen LogP contribution >= 0.6 is 0 Å². The van der Waals surface area contributed by atoms with E-state index in [0.29, 0.717) is 11.3 Å². The minimum atomic E-state index is -0.302. The number of nitrogens with zero attached hydrogens (tertiary/aromatic N) is 3. The van der Waals surface area contributed by atoms with Crippen LogP contribution in [-0.4, -0.2) is 14.7 Å². The normalized spacial score (nSPS) is 11.0. The van der Waals surface area contributed by atoms with Gasteiger partial charge in [0.25, 0.3) is 5.56 Å². The van der Waals surface area contributed by atoms with Crippen LogP contribution in [0.2, 0.25) is 0 Å². The maximum atomic E-state index is 13.2. The number of hydrogen-bond donors (Lipinski definition) is 1. The molecule has 6 nitrogen and oxygen atoms in total. The Morgan fingerprint density at radius 1 is 0.853 bits per heavy atom. The van der Waals surface area contributed by atoms with E-state index in [0.717, 1.165) is 27.8 Å². The largest absolute Gasteiger partial charge is 0.404 e. The average molecular weight is 449 g/mol. The van der Waals surface area contributed by atoms with Crippen molar-refractivity contribution < 1.29 is 4.84 Å². The minimum absolute atomic E-state index is 0.161. The first-order chi connectivity index (χ1) is 16.7. The molecule has 2 heterocycles. The Labute approximate surface area is 197 Å². The van der Waals surface area contributed by atoms with Crippen molar-refractivity contribution in [2.45, 2.75) is 19.6 Å². The van der Waals surface area contributed by atoms with E-state index in [2.05, 4.69) is 39.6 Å². The number of pyridine rings is 1.